The Labute approximate surface area is 212 Å². The Hall–Kier alpha value is -3.68. The molecule has 1 saturated heterocycles. The summed E-state index contributed by atoms with van der Waals surface area (Å²) in [5.41, 5.74) is 0.775. The largest absolute Gasteiger partial charge is 0.475 e. The van der Waals surface area contributed by atoms with Gasteiger partial charge in [-0.1, -0.05) is 18.2 Å². The number of carboxylic acids is 1. The molecule has 1 atom stereocenters. The maximum atomic E-state index is 12.4. The van der Waals surface area contributed by atoms with E-state index in [2.05, 4.69) is 0 Å². The van der Waals surface area contributed by atoms with Crippen LogP contribution in [-0.4, -0.2) is 58.4 Å². The number of hydrogen-bond donors (Lipinski definition) is 1. The van der Waals surface area contributed by atoms with Crippen LogP contribution in [0.5, 0.6) is 11.5 Å². The Kier molecular flexibility index (Phi) is 7.43. The molecule has 2 aliphatic rings. The minimum absolute atomic E-state index is 0.0480. The molecule has 192 valence electrons. The molecule has 2 heterocycles. The van der Waals surface area contributed by atoms with Crippen molar-refractivity contribution in [2.45, 2.75) is 52.4 Å². The number of amides is 1. The van der Waals surface area contributed by atoms with Gasteiger partial charge in [0.05, 0.1) is 5.70 Å². The van der Waals surface area contributed by atoms with Gasteiger partial charge < -0.3 is 29.1 Å². The van der Waals surface area contributed by atoms with Crippen molar-refractivity contribution in [2.75, 3.05) is 19.6 Å². The first kappa shape index (κ1) is 25.4. The Morgan fingerprint density at radius 1 is 1.00 bits per heavy atom. The number of carbonyl (C=O) groups excluding carboxylic acids is 1. The summed E-state index contributed by atoms with van der Waals surface area (Å²) in [4.78, 5) is 28.3. The fraction of sp³-hybridized carbons (Fsp3) is 0.429. The van der Waals surface area contributed by atoms with E-state index in [1.807, 2.05) is 87.2 Å². The van der Waals surface area contributed by atoms with Crippen molar-refractivity contribution in [3.05, 3.63) is 65.9 Å². The van der Waals surface area contributed by atoms with E-state index in [0.29, 0.717) is 43.9 Å². The number of para-hydroxylation sites is 1. The molecule has 0 radical (unpaired) electrons. The standard InChI is InChI=1S/C28H34N2O6/c1-5-30-23(19-11-13-22(14-12-19)34-21-9-7-6-8-10-21)24(26(31)32)35-25(30)20-15-17-29(18-16-20)27(33)36-28(2,3)4/h6-14,20,25H,5,15-18H2,1-4H3,(H,31,32). The second-order valence-electron chi connectivity index (χ2n) is 10.0. The molecule has 1 N–H and O–H groups in total. The average Bonchev–Trinajstić information content (AvgIpc) is 3.24. The predicted octanol–water partition coefficient (Wildman–Crippen LogP) is 5.56. The lowest BCUT2D eigenvalue weighted by molar-refractivity contribution is -0.138. The van der Waals surface area contributed by atoms with Crippen LogP contribution in [0.25, 0.3) is 5.70 Å². The van der Waals surface area contributed by atoms with Gasteiger partial charge >= 0.3 is 12.1 Å². The summed E-state index contributed by atoms with van der Waals surface area (Å²) in [7, 11) is 0. The van der Waals surface area contributed by atoms with E-state index in [-0.39, 0.29) is 17.8 Å². The Morgan fingerprint density at radius 2 is 1.61 bits per heavy atom. The van der Waals surface area contributed by atoms with Gasteiger partial charge in [0.2, 0.25) is 5.76 Å². The fourth-order valence-corrected chi connectivity index (χ4v) is 4.63. The number of piperidine rings is 1. The molecule has 8 heteroatoms. The monoisotopic (exact) mass is 494 g/mol. The number of carbonyl (C=O) groups is 2. The average molecular weight is 495 g/mol. The van der Waals surface area contributed by atoms with Crippen LogP contribution in [-0.2, 0) is 14.3 Å². The predicted molar refractivity (Wildman–Crippen MR) is 135 cm³/mol. The maximum absolute atomic E-state index is 12.4. The van der Waals surface area contributed by atoms with Gasteiger partial charge in [-0.2, -0.15) is 0 Å². The first-order chi connectivity index (χ1) is 17.2. The molecule has 1 fully saturated rings. The highest BCUT2D eigenvalue weighted by Gasteiger charge is 2.42. The van der Waals surface area contributed by atoms with Crippen LogP contribution >= 0.6 is 0 Å². The van der Waals surface area contributed by atoms with Crippen LogP contribution in [0.4, 0.5) is 4.79 Å². The topological polar surface area (TPSA) is 88.5 Å². The van der Waals surface area contributed by atoms with E-state index in [1.54, 1.807) is 4.90 Å². The third-order valence-electron chi connectivity index (χ3n) is 6.28. The van der Waals surface area contributed by atoms with E-state index in [9.17, 15) is 14.7 Å². The zero-order valence-electron chi connectivity index (χ0n) is 21.3. The molecule has 8 nitrogen and oxygen atoms in total. The molecule has 0 saturated carbocycles. The molecule has 1 amide bonds. The van der Waals surface area contributed by atoms with Gasteiger partial charge in [-0.15, -0.1) is 0 Å². The van der Waals surface area contributed by atoms with Crippen LogP contribution in [0.15, 0.2) is 60.4 Å². The summed E-state index contributed by atoms with van der Waals surface area (Å²) in [6.45, 7) is 9.22. The summed E-state index contributed by atoms with van der Waals surface area (Å²) < 4.78 is 17.5. The second-order valence-corrected chi connectivity index (χ2v) is 10.0. The van der Waals surface area contributed by atoms with Crippen LogP contribution in [0, 0.1) is 5.92 Å². The second kappa shape index (κ2) is 10.5. The van der Waals surface area contributed by atoms with Crippen molar-refractivity contribution in [1.29, 1.82) is 0 Å². The Morgan fingerprint density at radius 3 is 2.17 bits per heavy atom. The number of likely N-dealkylation sites (tertiary alicyclic amines) is 1. The molecule has 2 aromatic carbocycles. The Balaban J connectivity index is 1.48. The summed E-state index contributed by atoms with van der Waals surface area (Å²) >= 11 is 0. The molecule has 4 rings (SSSR count). The van der Waals surface area contributed by atoms with Gasteiger partial charge in [-0.25, -0.2) is 9.59 Å². The van der Waals surface area contributed by atoms with Crippen molar-refractivity contribution < 1.29 is 28.9 Å². The lowest BCUT2D eigenvalue weighted by Gasteiger charge is -2.38. The molecule has 1 unspecified atom stereocenters. The van der Waals surface area contributed by atoms with Gasteiger partial charge in [0.25, 0.3) is 0 Å². The number of rotatable bonds is 6. The van der Waals surface area contributed by atoms with Crippen molar-refractivity contribution in [2.24, 2.45) is 5.92 Å². The highest BCUT2D eigenvalue weighted by atomic mass is 16.6. The normalized spacial score (nSPS) is 18.7. The molecule has 0 aliphatic carbocycles. The molecule has 2 aromatic rings. The minimum atomic E-state index is -1.10. The third-order valence-corrected chi connectivity index (χ3v) is 6.28. The first-order valence-electron chi connectivity index (χ1n) is 12.4. The van der Waals surface area contributed by atoms with E-state index >= 15 is 0 Å². The molecule has 0 aromatic heterocycles. The fourth-order valence-electron chi connectivity index (χ4n) is 4.63. The van der Waals surface area contributed by atoms with Gasteiger partial charge in [-0.3, -0.25) is 0 Å². The van der Waals surface area contributed by atoms with E-state index < -0.39 is 17.8 Å². The van der Waals surface area contributed by atoms with Crippen molar-refractivity contribution in [3.63, 3.8) is 0 Å². The molecular weight excluding hydrogens is 460 g/mol. The summed E-state index contributed by atoms with van der Waals surface area (Å²) in [6.07, 6.45) is 0.676. The van der Waals surface area contributed by atoms with Gasteiger partial charge in [0.1, 0.15) is 17.1 Å². The maximum Gasteiger partial charge on any atom is 0.410 e. The highest BCUT2D eigenvalue weighted by Crippen LogP contribution is 2.40. The van der Waals surface area contributed by atoms with Gasteiger partial charge in [-0.05, 0) is 76.9 Å². The van der Waals surface area contributed by atoms with Crippen molar-refractivity contribution >= 4 is 17.8 Å². The highest BCUT2D eigenvalue weighted by molar-refractivity contribution is 5.94. The van der Waals surface area contributed by atoms with E-state index in [0.717, 1.165) is 11.3 Å². The summed E-state index contributed by atoms with van der Waals surface area (Å²) in [6, 6.07) is 16.9. The van der Waals surface area contributed by atoms with Crippen molar-refractivity contribution in [3.8, 4) is 11.5 Å². The van der Waals surface area contributed by atoms with Crippen LogP contribution in [0.1, 0.15) is 46.1 Å². The van der Waals surface area contributed by atoms with E-state index in [4.69, 9.17) is 14.2 Å². The first-order valence-corrected chi connectivity index (χ1v) is 12.4. The van der Waals surface area contributed by atoms with Crippen LogP contribution in [0.3, 0.4) is 0 Å². The molecule has 0 spiro atoms. The number of hydrogen-bond acceptors (Lipinski definition) is 6. The SMILES string of the molecule is CCN1C(c2ccc(Oc3ccccc3)cc2)=C(C(=O)O)OC1C1CCN(C(=O)OC(C)(C)C)CC1. The zero-order valence-corrected chi connectivity index (χ0v) is 21.3. The third kappa shape index (κ3) is 5.75. The number of carboxylic acid groups (broad SMARTS) is 1. The quantitative estimate of drug-likeness (QED) is 0.563. The molecule has 0 bridgehead atoms. The van der Waals surface area contributed by atoms with Crippen LogP contribution in [0.2, 0.25) is 0 Å². The number of aliphatic carboxylic acids is 1. The zero-order chi connectivity index (χ0) is 25.9. The number of ether oxygens (including phenoxy) is 3. The lowest BCUT2D eigenvalue weighted by atomic mass is 9.94. The van der Waals surface area contributed by atoms with Crippen molar-refractivity contribution in [1.82, 2.24) is 9.80 Å². The summed E-state index contributed by atoms with van der Waals surface area (Å²) in [5, 5.41) is 9.94. The van der Waals surface area contributed by atoms with Gasteiger partial charge in [0, 0.05) is 31.1 Å². The van der Waals surface area contributed by atoms with Crippen LogP contribution < -0.4 is 4.74 Å². The Bertz CT molecular complexity index is 1100. The number of benzene rings is 2. The summed E-state index contributed by atoms with van der Waals surface area (Å²) in [5.74, 6) is 0.328. The number of nitrogens with zero attached hydrogens (tertiary/aromatic N) is 2. The lowest BCUT2D eigenvalue weighted by Crippen LogP contribution is -2.46. The van der Waals surface area contributed by atoms with E-state index in [1.165, 1.54) is 0 Å². The smallest absolute Gasteiger partial charge is 0.410 e. The molecular formula is C28H34N2O6. The molecule has 36 heavy (non-hydrogen) atoms. The minimum Gasteiger partial charge on any atom is -0.475 e. The van der Waals surface area contributed by atoms with Gasteiger partial charge in [0.15, 0.2) is 6.23 Å². The molecule has 2 aliphatic heterocycles.